The summed E-state index contributed by atoms with van der Waals surface area (Å²) in [5.74, 6) is 0.705. The van der Waals surface area contributed by atoms with Crippen LogP contribution in [0.4, 0.5) is 11.6 Å². The lowest BCUT2D eigenvalue weighted by atomic mass is 10.1. The van der Waals surface area contributed by atoms with Crippen LogP contribution in [0.1, 0.15) is 16.7 Å². The number of hydrogen-bond acceptors (Lipinski definition) is 4. The second-order valence-electron chi connectivity index (χ2n) is 8.25. The molecule has 1 aliphatic rings. The second-order valence-corrected chi connectivity index (χ2v) is 8.25. The molecule has 0 atom stereocenters. The number of imidazole rings is 1. The van der Waals surface area contributed by atoms with Crippen molar-refractivity contribution in [3.8, 4) is 0 Å². The van der Waals surface area contributed by atoms with Gasteiger partial charge in [-0.2, -0.15) is 4.98 Å². The fourth-order valence-corrected chi connectivity index (χ4v) is 4.43. The number of aromatic nitrogens is 4. The summed E-state index contributed by atoms with van der Waals surface area (Å²) in [6.45, 7) is 5.73. The van der Waals surface area contributed by atoms with Crippen molar-refractivity contribution in [1.82, 2.24) is 18.7 Å². The average Bonchev–Trinajstić information content (AvgIpc) is 3.35. The Morgan fingerprint density at radius 1 is 1.03 bits per heavy atom. The van der Waals surface area contributed by atoms with Crippen LogP contribution in [0.2, 0.25) is 0 Å². The molecule has 0 spiro atoms. The van der Waals surface area contributed by atoms with E-state index in [1.165, 1.54) is 14.7 Å². The largest absolute Gasteiger partial charge is 0.332 e. The highest BCUT2D eigenvalue weighted by atomic mass is 16.2. The topological polar surface area (TPSA) is 65.1 Å². The monoisotopic (exact) mass is 427 g/mol. The lowest BCUT2D eigenvalue weighted by Crippen LogP contribution is -2.39. The molecule has 4 aromatic rings. The summed E-state index contributed by atoms with van der Waals surface area (Å²) in [5.41, 5.74) is 4.68. The molecule has 0 N–H and O–H groups in total. The zero-order chi connectivity index (χ0) is 22.4. The molecule has 2 aromatic heterocycles. The lowest BCUT2D eigenvalue weighted by molar-refractivity contribution is 0.663. The summed E-state index contributed by atoms with van der Waals surface area (Å²) in [4.78, 5) is 33.1. The Morgan fingerprint density at radius 3 is 2.56 bits per heavy atom. The van der Waals surface area contributed by atoms with Crippen molar-refractivity contribution < 1.29 is 0 Å². The van der Waals surface area contributed by atoms with Gasteiger partial charge in [-0.1, -0.05) is 60.2 Å². The molecular weight excluding hydrogens is 402 g/mol. The van der Waals surface area contributed by atoms with E-state index in [2.05, 4.69) is 36.9 Å². The molecule has 0 radical (unpaired) electrons. The van der Waals surface area contributed by atoms with Gasteiger partial charge in [-0.05, 0) is 31.0 Å². The summed E-state index contributed by atoms with van der Waals surface area (Å²) < 4.78 is 4.68. The fourth-order valence-electron chi connectivity index (χ4n) is 4.43. The van der Waals surface area contributed by atoms with Gasteiger partial charge in [0, 0.05) is 32.4 Å². The highest BCUT2D eigenvalue weighted by Gasteiger charge is 2.29. The minimum absolute atomic E-state index is 0.206. The van der Waals surface area contributed by atoms with E-state index in [1.54, 1.807) is 7.05 Å². The van der Waals surface area contributed by atoms with Crippen LogP contribution in [0.5, 0.6) is 0 Å². The number of fused-ring (bicyclic) bond motifs is 3. The third-order valence-electron chi connectivity index (χ3n) is 6.04. The number of hydrogen-bond donors (Lipinski definition) is 0. The van der Waals surface area contributed by atoms with Crippen molar-refractivity contribution >= 4 is 28.9 Å². The van der Waals surface area contributed by atoms with E-state index in [1.807, 2.05) is 47.1 Å². The first-order valence-corrected chi connectivity index (χ1v) is 10.7. The van der Waals surface area contributed by atoms with Gasteiger partial charge in [0.05, 0.1) is 0 Å². The van der Waals surface area contributed by atoms with Gasteiger partial charge in [0.25, 0.3) is 5.56 Å². The number of benzene rings is 2. The maximum atomic E-state index is 13.4. The van der Waals surface area contributed by atoms with Crippen molar-refractivity contribution in [2.24, 2.45) is 7.05 Å². The summed E-state index contributed by atoms with van der Waals surface area (Å²) in [6, 6.07) is 16.1. The zero-order valence-corrected chi connectivity index (χ0v) is 18.4. The Kier molecular flexibility index (Phi) is 4.81. The minimum Gasteiger partial charge on any atom is -0.310 e. The Labute approximate surface area is 185 Å². The molecule has 0 saturated carbocycles. The standard InChI is InChI=1S/C25H25N5O2/c1-17-11-12-20(18(2)16-17)28-14-15-29-21-22(26-24(28)29)27(3)25(32)30(23(21)31)13-7-10-19-8-5-4-6-9-19/h4-12,16H,13-15H2,1-3H3/b10-7-. The number of rotatable bonds is 4. The molecule has 2 aromatic carbocycles. The van der Waals surface area contributed by atoms with Gasteiger partial charge in [-0.25, -0.2) is 4.79 Å². The van der Waals surface area contributed by atoms with E-state index in [-0.39, 0.29) is 17.8 Å². The Balaban J connectivity index is 1.59. The van der Waals surface area contributed by atoms with E-state index < -0.39 is 0 Å². The highest BCUT2D eigenvalue weighted by Crippen LogP contribution is 2.33. The number of aryl methyl sites for hydroxylation is 3. The average molecular weight is 428 g/mol. The van der Waals surface area contributed by atoms with E-state index in [0.717, 1.165) is 23.4 Å². The highest BCUT2D eigenvalue weighted by molar-refractivity contribution is 5.78. The van der Waals surface area contributed by atoms with E-state index in [4.69, 9.17) is 4.98 Å². The van der Waals surface area contributed by atoms with Crippen molar-refractivity contribution in [2.45, 2.75) is 26.9 Å². The third kappa shape index (κ3) is 3.17. The molecule has 162 valence electrons. The van der Waals surface area contributed by atoms with Crippen molar-refractivity contribution in [3.63, 3.8) is 0 Å². The molecule has 0 bridgehead atoms. The van der Waals surface area contributed by atoms with Crippen molar-refractivity contribution in [3.05, 3.63) is 92.1 Å². The predicted molar refractivity (Wildman–Crippen MR) is 128 cm³/mol. The van der Waals surface area contributed by atoms with Crippen molar-refractivity contribution in [2.75, 3.05) is 11.4 Å². The fraction of sp³-hybridized carbons (Fsp3) is 0.240. The number of allylic oxidation sites excluding steroid dienone is 1. The first kappa shape index (κ1) is 20.1. The molecule has 7 heteroatoms. The molecule has 32 heavy (non-hydrogen) atoms. The van der Waals surface area contributed by atoms with Crippen LogP contribution in [-0.4, -0.2) is 25.2 Å². The van der Waals surface area contributed by atoms with E-state index in [9.17, 15) is 9.59 Å². The number of anilines is 2. The van der Waals surface area contributed by atoms with Gasteiger partial charge >= 0.3 is 5.69 Å². The molecule has 3 heterocycles. The summed E-state index contributed by atoms with van der Waals surface area (Å²) in [7, 11) is 1.67. The maximum absolute atomic E-state index is 13.4. The van der Waals surface area contributed by atoms with Gasteiger partial charge in [-0.15, -0.1) is 0 Å². The first-order valence-electron chi connectivity index (χ1n) is 10.7. The molecule has 1 aliphatic heterocycles. The SMILES string of the molecule is Cc1ccc(N2CCn3c2nc2c3c(=O)n(C/C=C\c3ccccc3)c(=O)n2C)c(C)c1. The Morgan fingerprint density at radius 2 is 1.81 bits per heavy atom. The third-order valence-corrected chi connectivity index (χ3v) is 6.04. The molecule has 7 nitrogen and oxygen atoms in total. The van der Waals surface area contributed by atoms with Crippen LogP contribution in [0.15, 0.2) is 64.2 Å². The minimum atomic E-state index is -0.366. The molecular formula is C25H25N5O2. The smallest absolute Gasteiger partial charge is 0.310 e. The van der Waals surface area contributed by atoms with Crippen molar-refractivity contribution in [1.29, 1.82) is 0 Å². The molecule has 0 saturated heterocycles. The molecule has 0 aliphatic carbocycles. The summed E-state index contributed by atoms with van der Waals surface area (Å²) >= 11 is 0. The van der Waals surface area contributed by atoms with Gasteiger partial charge in [0.15, 0.2) is 11.2 Å². The van der Waals surface area contributed by atoms with Gasteiger partial charge in [0.1, 0.15) is 0 Å². The molecule has 5 rings (SSSR count). The molecule has 0 amide bonds. The Bertz CT molecular complexity index is 1470. The molecule has 0 fully saturated rings. The quantitative estimate of drug-likeness (QED) is 0.501. The predicted octanol–water partition coefficient (Wildman–Crippen LogP) is 3.38. The number of nitrogens with zero attached hydrogens (tertiary/aromatic N) is 5. The van der Waals surface area contributed by atoms with Crippen LogP contribution in [0.3, 0.4) is 0 Å². The van der Waals surface area contributed by atoms with E-state index >= 15 is 0 Å². The van der Waals surface area contributed by atoms with Gasteiger partial charge in [-0.3, -0.25) is 13.9 Å². The summed E-state index contributed by atoms with van der Waals surface area (Å²) in [5, 5.41) is 0. The van der Waals surface area contributed by atoms with Crippen LogP contribution in [0, 0.1) is 13.8 Å². The molecule has 0 unspecified atom stereocenters. The van der Waals surface area contributed by atoms with Crippen LogP contribution in [-0.2, 0) is 20.1 Å². The van der Waals surface area contributed by atoms with Gasteiger partial charge in [0.2, 0.25) is 5.95 Å². The lowest BCUT2D eigenvalue weighted by Gasteiger charge is -2.19. The van der Waals surface area contributed by atoms with E-state index in [0.29, 0.717) is 23.7 Å². The van der Waals surface area contributed by atoms with Crippen LogP contribution >= 0.6 is 0 Å². The van der Waals surface area contributed by atoms with Crippen LogP contribution in [0.25, 0.3) is 17.2 Å². The zero-order valence-electron chi connectivity index (χ0n) is 18.4. The summed E-state index contributed by atoms with van der Waals surface area (Å²) in [6.07, 6.45) is 3.76. The second kappa shape index (κ2) is 7.67. The Hall–Kier alpha value is -3.87. The van der Waals surface area contributed by atoms with Crippen LogP contribution < -0.4 is 16.1 Å². The van der Waals surface area contributed by atoms with Gasteiger partial charge < -0.3 is 9.47 Å². The normalized spacial score (nSPS) is 13.4. The maximum Gasteiger partial charge on any atom is 0.332 e. The first-order chi connectivity index (χ1) is 15.5.